The summed E-state index contributed by atoms with van der Waals surface area (Å²) in [5, 5.41) is 5.51. The second-order valence-electron chi connectivity index (χ2n) is 4.83. The van der Waals surface area contributed by atoms with E-state index < -0.39 is 0 Å². The van der Waals surface area contributed by atoms with Gasteiger partial charge in [0.25, 0.3) is 0 Å². The van der Waals surface area contributed by atoms with E-state index in [0.29, 0.717) is 6.61 Å². The minimum Gasteiger partial charge on any atom is -0.497 e. The first-order valence-corrected chi connectivity index (χ1v) is 8.24. The van der Waals surface area contributed by atoms with Crippen molar-refractivity contribution in [2.75, 3.05) is 20.3 Å². The molecule has 1 aromatic heterocycles. The largest absolute Gasteiger partial charge is 0.497 e. The maximum Gasteiger partial charge on any atom is 0.124 e. The number of hydrogen-bond donors (Lipinski definition) is 1. The zero-order valence-electron chi connectivity index (χ0n) is 12.7. The Balaban J connectivity index is 1.95. The molecule has 1 N–H and O–H groups in total. The molecule has 0 amide bonds. The van der Waals surface area contributed by atoms with Crippen molar-refractivity contribution < 1.29 is 9.47 Å². The lowest BCUT2D eigenvalue weighted by atomic mass is 10.2. The molecule has 4 heteroatoms. The van der Waals surface area contributed by atoms with Crippen LogP contribution in [0, 0.1) is 0 Å². The number of methoxy groups -OCH3 is 1. The van der Waals surface area contributed by atoms with Crippen molar-refractivity contribution in [2.24, 2.45) is 0 Å². The molecule has 2 rings (SSSR count). The quantitative estimate of drug-likeness (QED) is 0.713. The molecule has 0 saturated carbocycles. The van der Waals surface area contributed by atoms with Gasteiger partial charge in [0.1, 0.15) is 11.5 Å². The smallest absolute Gasteiger partial charge is 0.124 e. The lowest BCUT2D eigenvalue weighted by Crippen LogP contribution is -2.15. The molecule has 0 aliphatic rings. The number of ether oxygens (including phenoxy) is 2. The van der Waals surface area contributed by atoms with Crippen molar-refractivity contribution in [1.29, 1.82) is 0 Å². The summed E-state index contributed by atoms with van der Waals surface area (Å²) in [6.07, 6.45) is 2.07. The van der Waals surface area contributed by atoms with Crippen LogP contribution < -0.4 is 14.8 Å². The Morgan fingerprint density at radius 3 is 2.86 bits per heavy atom. The van der Waals surface area contributed by atoms with E-state index in [2.05, 4.69) is 29.8 Å². The van der Waals surface area contributed by atoms with E-state index in [4.69, 9.17) is 9.47 Å². The van der Waals surface area contributed by atoms with Crippen LogP contribution in [0.25, 0.3) is 0 Å². The van der Waals surface area contributed by atoms with Gasteiger partial charge in [-0.25, -0.2) is 0 Å². The third kappa shape index (κ3) is 5.06. The summed E-state index contributed by atoms with van der Waals surface area (Å²) in [4.78, 5) is 1.36. The first-order chi connectivity index (χ1) is 10.3. The molecule has 0 unspecified atom stereocenters. The van der Waals surface area contributed by atoms with E-state index in [1.54, 1.807) is 18.4 Å². The van der Waals surface area contributed by atoms with Gasteiger partial charge in [0.2, 0.25) is 0 Å². The molecule has 0 aliphatic carbocycles. The predicted octanol–water partition coefficient (Wildman–Crippen LogP) is 3.88. The Morgan fingerprint density at radius 2 is 2.14 bits per heavy atom. The molecule has 1 heterocycles. The predicted molar refractivity (Wildman–Crippen MR) is 88.5 cm³/mol. The summed E-state index contributed by atoms with van der Waals surface area (Å²) in [7, 11) is 1.69. The van der Waals surface area contributed by atoms with Crippen LogP contribution in [0.5, 0.6) is 11.5 Å². The lowest BCUT2D eigenvalue weighted by molar-refractivity contribution is 0.317. The highest BCUT2D eigenvalue weighted by atomic mass is 32.1. The van der Waals surface area contributed by atoms with E-state index in [1.165, 1.54) is 4.88 Å². The fourth-order valence-electron chi connectivity index (χ4n) is 2.08. The number of hydrogen-bond acceptors (Lipinski definition) is 4. The van der Waals surface area contributed by atoms with E-state index in [9.17, 15) is 0 Å². The fourth-order valence-corrected chi connectivity index (χ4v) is 2.77. The van der Waals surface area contributed by atoms with Crippen molar-refractivity contribution in [2.45, 2.75) is 26.3 Å². The molecule has 3 nitrogen and oxygen atoms in total. The normalized spacial score (nSPS) is 10.6. The van der Waals surface area contributed by atoms with Gasteiger partial charge in [0.05, 0.1) is 13.7 Å². The van der Waals surface area contributed by atoms with Crippen molar-refractivity contribution >= 4 is 11.3 Å². The van der Waals surface area contributed by atoms with E-state index in [1.807, 2.05) is 18.2 Å². The highest BCUT2D eigenvalue weighted by molar-refractivity contribution is 7.09. The minimum absolute atomic E-state index is 0.702. The first kappa shape index (κ1) is 15.9. The second-order valence-corrected chi connectivity index (χ2v) is 5.86. The number of rotatable bonds is 9. The average Bonchev–Trinajstić information content (AvgIpc) is 3.02. The third-order valence-corrected chi connectivity index (χ3v) is 4.13. The summed E-state index contributed by atoms with van der Waals surface area (Å²) in [5.74, 6) is 1.81. The van der Waals surface area contributed by atoms with Crippen LogP contribution in [0.15, 0.2) is 35.7 Å². The summed E-state index contributed by atoms with van der Waals surface area (Å²) in [6, 6.07) is 10.2. The molecule has 0 atom stereocenters. The molecule has 114 valence electrons. The maximum atomic E-state index is 5.95. The van der Waals surface area contributed by atoms with E-state index >= 15 is 0 Å². The van der Waals surface area contributed by atoms with Gasteiger partial charge >= 0.3 is 0 Å². The maximum absolute atomic E-state index is 5.95. The summed E-state index contributed by atoms with van der Waals surface area (Å²) in [5.41, 5.74) is 1.15. The third-order valence-electron chi connectivity index (χ3n) is 3.20. The van der Waals surface area contributed by atoms with Gasteiger partial charge in [-0.05, 0) is 42.6 Å². The van der Waals surface area contributed by atoms with Crippen LogP contribution in [-0.4, -0.2) is 20.3 Å². The van der Waals surface area contributed by atoms with Gasteiger partial charge in [-0.2, -0.15) is 0 Å². The molecule has 2 aromatic rings. The molecule has 1 aromatic carbocycles. The van der Waals surface area contributed by atoms with E-state index in [-0.39, 0.29) is 0 Å². The summed E-state index contributed by atoms with van der Waals surface area (Å²) >= 11 is 1.77. The van der Waals surface area contributed by atoms with Crippen LogP contribution in [0.4, 0.5) is 0 Å². The highest BCUT2D eigenvalue weighted by Crippen LogP contribution is 2.24. The Hall–Kier alpha value is -1.52. The van der Waals surface area contributed by atoms with Crippen molar-refractivity contribution in [3.63, 3.8) is 0 Å². The monoisotopic (exact) mass is 305 g/mol. The number of thiophene rings is 1. The van der Waals surface area contributed by atoms with Crippen LogP contribution in [0.2, 0.25) is 0 Å². The molecule has 0 radical (unpaired) electrons. The SMILES string of the molecule is CCCNCc1cc(OC)ccc1OCCc1cccs1. The molecule has 21 heavy (non-hydrogen) atoms. The zero-order valence-corrected chi connectivity index (χ0v) is 13.5. The molecule has 0 saturated heterocycles. The molecular formula is C17H23NO2S. The van der Waals surface area contributed by atoms with Crippen LogP contribution in [0.1, 0.15) is 23.8 Å². The van der Waals surface area contributed by atoms with E-state index in [0.717, 1.165) is 43.0 Å². The summed E-state index contributed by atoms with van der Waals surface area (Å²) < 4.78 is 11.2. The van der Waals surface area contributed by atoms with Gasteiger partial charge in [-0.15, -0.1) is 11.3 Å². The van der Waals surface area contributed by atoms with Gasteiger partial charge in [0.15, 0.2) is 0 Å². The van der Waals surface area contributed by atoms with Crippen molar-refractivity contribution in [3.8, 4) is 11.5 Å². The van der Waals surface area contributed by atoms with Gasteiger partial charge < -0.3 is 14.8 Å². The van der Waals surface area contributed by atoms with Gasteiger partial charge in [0, 0.05) is 23.4 Å². The number of nitrogens with one attached hydrogen (secondary N) is 1. The fraction of sp³-hybridized carbons (Fsp3) is 0.412. The van der Waals surface area contributed by atoms with Crippen molar-refractivity contribution in [1.82, 2.24) is 5.32 Å². The van der Waals surface area contributed by atoms with Crippen molar-refractivity contribution in [3.05, 3.63) is 46.2 Å². The Morgan fingerprint density at radius 1 is 1.24 bits per heavy atom. The molecule has 0 fully saturated rings. The summed E-state index contributed by atoms with van der Waals surface area (Å²) in [6.45, 7) is 4.68. The molecule has 0 bridgehead atoms. The second kappa shape index (κ2) is 8.70. The standard InChI is InChI=1S/C17H23NO2S/c1-3-9-18-13-14-12-15(19-2)6-7-17(14)20-10-8-16-5-4-11-21-16/h4-7,11-12,18H,3,8-10,13H2,1-2H3. The zero-order chi connectivity index (χ0) is 14.9. The highest BCUT2D eigenvalue weighted by Gasteiger charge is 2.06. The molecule has 0 aliphatic heterocycles. The Bertz CT molecular complexity index is 526. The topological polar surface area (TPSA) is 30.5 Å². The Kier molecular flexibility index (Phi) is 6.57. The Labute approximate surface area is 130 Å². The van der Waals surface area contributed by atoms with Crippen LogP contribution in [-0.2, 0) is 13.0 Å². The van der Waals surface area contributed by atoms with Gasteiger partial charge in [-0.1, -0.05) is 13.0 Å². The number of benzene rings is 1. The molecular weight excluding hydrogens is 282 g/mol. The van der Waals surface area contributed by atoms with Crippen LogP contribution in [0.3, 0.4) is 0 Å². The lowest BCUT2D eigenvalue weighted by Gasteiger charge is -2.13. The average molecular weight is 305 g/mol. The van der Waals surface area contributed by atoms with Gasteiger partial charge in [-0.3, -0.25) is 0 Å². The van der Waals surface area contributed by atoms with Crippen LogP contribution >= 0.6 is 11.3 Å². The molecule has 0 spiro atoms. The minimum atomic E-state index is 0.702. The first-order valence-electron chi connectivity index (χ1n) is 7.36.